The van der Waals surface area contributed by atoms with Gasteiger partial charge in [0.05, 0.1) is 7.11 Å². The van der Waals surface area contributed by atoms with Crippen LogP contribution in [0.4, 0.5) is 0 Å². The van der Waals surface area contributed by atoms with Crippen LogP contribution in [0.2, 0.25) is 5.02 Å². The van der Waals surface area contributed by atoms with Crippen LogP contribution in [-0.4, -0.2) is 7.11 Å². The van der Waals surface area contributed by atoms with Gasteiger partial charge in [-0.2, -0.15) is 0 Å². The summed E-state index contributed by atoms with van der Waals surface area (Å²) < 4.78 is 5.72. The van der Waals surface area contributed by atoms with E-state index in [4.69, 9.17) is 21.2 Å². The van der Waals surface area contributed by atoms with Crippen LogP contribution >= 0.6 is 11.6 Å². The van der Waals surface area contributed by atoms with Crippen molar-refractivity contribution in [2.24, 2.45) is 0 Å². The third-order valence-corrected chi connectivity index (χ3v) is 2.83. The maximum absolute atomic E-state index is 5.83. The lowest BCUT2D eigenvalue weighted by molar-refractivity contribution is 0.119. The second kappa shape index (κ2) is 6.98. The van der Waals surface area contributed by atoms with Gasteiger partial charge >= 0.3 is 0 Å². The summed E-state index contributed by atoms with van der Waals surface area (Å²) >= 11 is 5.83. The highest BCUT2D eigenvalue weighted by atomic mass is 35.5. The van der Waals surface area contributed by atoms with Crippen LogP contribution in [0.5, 0.6) is 11.5 Å². The molecule has 2 aromatic carbocycles. The molecular formula is C16H16ClNO2. The van der Waals surface area contributed by atoms with Crippen LogP contribution in [-0.2, 0) is 4.84 Å². The van der Waals surface area contributed by atoms with Gasteiger partial charge in [0, 0.05) is 10.7 Å². The van der Waals surface area contributed by atoms with Gasteiger partial charge in [-0.15, -0.1) is 0 Å². The van der Waals surface area contributed by atoms with Gasteiger partial charge in [-0.3, -0.25) is 10.3 Å². The summed E-state index contributed by atoms with van der Waals surface area (Å²) in [7, 11) is 1.58. The lowest BCUT2D eigenvalue weighted by Crippen LogP contribution is -2.07. The Bertz CT molecular complexity index is 576. The fraction of sp³-hybridized carbons (Fsp3) is 0.125. The number of benzene rings is 2. The van der Waals surface area contributed by atoms with Crippen LogP contribution in [0, 0.1) is 0 Å². The molecule has 0 aliphatic heterocycles. The van der Waals surface area contributed by atoms with Gasteiger partial charge in [-0.05, 0) is 55.0 Å². The van der Waals surface area contributed by atoms with Gasteiger partial charge in [0.25, 0.3) is 0 Å². The molecule has 3 nitrogen and oxygen atoms in total. The van der Waals surface area contributed by atoms with E-state index >= 15 is 0 Å². The molecule has 0 aliphatic rings. The molecule has 4 heteroatoms. The summed E-state index contributed by atoms with van der Waals surface area (Å²) in [4.78, 5) is 4.83. The molecule has 0 fully saturated rings. The molecule has 0 saturated heterocycles. The number of hydrogen-bond donors (Lipinski definition) is 1. The number of allylic oxidation sites excluding steroid dienone is 1. The minimum absolute atomic E-state index is 0.693. The van der Waals surface area contributed by atoms with E-state index in [1.165, 1.54) is 0 Å². The zero-order valence-electron chi connectivity index (χ0n) is 11.4. The molecule has 2 rings (SSSR count). The monoisotopic (exact) mass is 289 g/mol. The van der Waals surface area contributed by atoms with Crippen LogP contribution in [0.1, 0.15) is 12.5 Å². The van der Waals surface area contributed by atoms with E-state index in [-0.39, 0.29) is 0 Å². The summed E-state index contributed by atoms with van der Waals surface area (Å²) in [6.45, 7) is 1.93. The molecule has 0 bridgehead atoms. The van der Waals surface area contributed by atoms with E-state index in [0.29, 0.717) is 5.02 Å². The van der Waals surface area contributed by atoms with Crippen molar-refractivity contribution in [3.8, 4) is 11.5 Å². The summed E-state index contributed by atoms with van der Waals surface area (Å²) in [6, 6.07) is 15.1. The first-order valence-electron chi connectivity index (χ1n) is 6.18. The number of hydroxylamine groups is 1. The zero-order valence-corrected chi connectivity index (χ0v) is 12.1. The van der Waals surface area contributed by atoms with E-state index in [1.54, 1.807) is 19.2 Å². The molecule has 0 unspecified atom stereocenters. The van der Waals surface area contributed by atoms with E-state index in [0.717, 1.165) is 22.8 Å². The lowest BCUT2D eigenvalue weighted by atomic mass is 10.2. The van der Waals surface area contributed by atoms with Crippen molar-refractivity contribution >= 4 is 17.7 Å². The fourth-order valence-electron chi connectivity index (χ4n) is 1.71. The Hall–Kier alpha value is -1.97. The first-order valence-corrected chi connectivity index (χ1v) is 6.56. The SMILES string of the molecule is CON/C(C)=C/c1ccc(Oc2ccc(Cl)cc2)cc1. The third kappa shape index (κ3) is 4.30. The van der Waals surface area contributed by atoms with Crippen LogP contribution < -0.4 is 10.2 Å². The summed E-state index contributed by atoms with van der Waals surface area (Å²) in [5.74, 6) is 1.54. The molecule has 0 heterocycles. The Kier molecular flexibility index (Phi) is 5.04. The zero-order chi connectivity index (χ0) is 14.4. The van der Waals surface area contributed by atoms with Crippen molar-refractivity contribution in [1.29, 1.82) is 0 Å². The quantitative estimate of drug-likeness (QED) is 0.813. The average Bonchev–Trinajstić information content (AvgIpc) is 2.44. The molecule has 2 aromatic rings. The Morgan fingerprint density at radius 2 is 1.55 bits per heavy atom. The van der Waals surface area contributed by atoms with Crippen molar-refractivity contribution in [3.63, 3.8) is 0 Å². The molecule has 0 aromatic heterocycles. The molecule has 0 amide bonds. The summed E-state index contributed by atoms with van der Waals surface area (Å²) in [5.41, 5.74) is 4.77. The Morgan fingerprint density at radius 3 is 2.10 bits per heavy atom. The summed E-state index contributed by atoms with van der Waals surface area (Å²) in [5, 5.41) is 0.693. The molecule has 20 heavy (non-hydrogen) atoms. The molecule has 0 saturated carbocycles. The average molecular weight is 290 g/mol. The van der Waals surface area contributed by atoms with Gasteiger partial charge in [0.2, 0.25) is 0 Å². The van der Waals surface area contributed by atoms with Crippen LogP contribution in [0.15, 0.2) is 54.2 Å². The molecule has 0 spiro atoms. The van der Waals surface area contributed by atoms with Crippen molar-refractivity contribution in [1.82, 2.24) is 5.48 Å². The first kappa shape index (κ1) is 14.4. The molecule has 0 atom stereocenters. The van der Waals surface area contributed by atoms with Crippen molar-refractivity contribution < 1.29 is 9.57 Å². The first-order chi connectivity index (χ1) is 9.67. The highest BCUT2D eigenvalue weighted by molar-refractivity contribution is 6.30. The van der Waals surface area contributed by atoms with Crippen LogP contribution in [0.25, 0.3) is 6.08 Å². The normalized spacial score (nSPS) is 11.2. The predicted octanol–water partition coefficient (Wildman–Crippen LogP) is 4.64. The van der Waals surface area contributed by atoms with Gasteiger partial charge in [-0.1, -0.05) is 23.7 Å². The van der Waals surface area contributed by atoms with Gasteiger partial charge in [0.1, 0.15) is 11.5 Å². The van der Waals surface area contributed by atoms with E-state index < -0.39 is 0 Å². The number of rotatable bonds is 5. The van der Waals surface area contributed by atoms with E-state index in [9.17, 15) is 0 Å². The Balaban J connectivity index is 2.04. The highest BCUT2D eigenvalue weighted by Gasteiger charge is 1.98. The third-order valence-electron chi connectivity index (χ3n) is 2.58. The maximum atomic E-state index is 5.83. The van der Waals surface area contributed by atoms with Crippen LogP contribution in [0.3, 0.4) is 0 Å². The number of ether oxygens (including phenoxy) is 1. The molecule has 104 valence electrons. The minimum atomic E-state index is 0.693. The molecule has 0 aliphatic carbocycles. The Labute approximate surface area is 123 Å². The smallest absolute Gasteiger partial charge is 0.127 e. The number of halogens is 1. The summed E-state index contributed by atoms with van der Waals surface area (Å²) in [6.07, 6.45) is 1.98. The fourth-order valence-corrected chi connectivity index (χ4v) is 1.84. The highest BCUT2D eigenvalue weighted by Crippen LogP contribution is 2.23. The van der Waals surface area contributed by atoms with Gasteiger partial charge in [-0.25, -0.2) is 0 Å². The number of nitrogens with one attached hydrogen (secondary N) is 1. The van der Waals surface area contributed by atoms with Crippen molar-refractivity contribution in [3.05, 3.63) is 64.8 Å². The van der Waals surface area contributed by atoms with Gasteiger partial charge < -0.3 is 4.74 Å². The molecule has 1 N–H and O–H groups in total. The van der Waals surface area contributed by atoms with E-state index in [1.807, 2.05) is 49.4 Å². The molecular weight excluding hydrogens is 274 g/mol. The second-order valence-corrected chi connectivity index (χ2v) is 4.69. The predicted molar refractivity (Wildman–Crippen MR) is 81.8 cm³/mol. The van der Waals surface area contributed by atoms with Gasteiger partial charge in [0.15, 0.2) is 0 Å². The van der Waals surface area contributed by atoms with E-state index in [2.05, 4.69) is 5.48 Å². The topological polar surface area (TPSA) is 30.5 Å². The van der Waals surface area contributed by atoms with Crippen molar-refractivity contribution in [2.75, 3.05) is 7.11 Å². The molecule has 0 radical (unpaired) electrons. The largest absolute Gasteiger partial charge is 0.457 e. The second-order valence-electron chi connectivity index (χ2n) is 4.26. The number of hydrogen-bond acceptors (Lipinski definition) is 3. The lowest BCUT2D eigenvalue weighted by Gasteiger charge is -2.06. The minimum Gasteiger partial charge on any atom is -0.457 e. The standard InChI is InChI=1S/C16H16ClNO2/c1-12(18-19-2)11-13-3-7-15(8-4-13)20-16-9-5-14(17)6-10-16/h3-11,18H,1-2H3/b12-11+. The maximum Gasteiger partial charge on any atom is 0.127 e. The van der Waals surface area contributed by atoms with Crippen molar-refractivity contribution in [2.45, 2.75) is 6.92 Å². The Morgan fingerprint density at radius 1 is 1.00 bits per heavy atom.